The SMILES string of the molecule is CC(C)c1cc([C@H]2CCCN2C(=O)c2ccc(Cn3cnnn3)cc2)no1. The average molecular weight is 366 g/mol. The van der Waals surface area contributed by atoms with E-state index >= 15 is 0 Å². The van der Waals surface area contributed by atoms with Crippen LogP contribution in [0.1, 0.15) is 66.0 Å². The van der Waals surface area contributed by atoms with Crippen molar-refractivity contribution < 1.29 is 9.32 Å². The summed E-state index contributed by atoms with van der Waals surface area (Å²) in [6.07, 6.45) is 3.45. The molecule has 8 nitrogen and oxygen atoms in total. The Hall–Kier alpha value is -3.03. The molecule has 1 fully saturated rings. The standard InChI is InChI=1S/C19H22N6O2/c1-13(2)18-10-16(21-27-18)17-4-3-9-25(17)19(26)15-7-5-14(6-8-15)11-24-12-20-22-23-24/h5-8,10,12-13,17H,3-4,9,11H2,1-2H3/t17-/m1/s1. The molecule has 1 amide bonds. The van der Waals surface area contributed by atoms with E-state index in [9.17, 15) is 4.79 Å². The zero-order chi connectivity index (χ0) is 18.8. The van der Waals surface area contributed by atoms with Crippen LogP contribution in [0.25, 0.3) is 0 Å². The second-order valence-electron chi connectivity index (χ2n) is 7.17. The van der Waals surface area contributed by atoms with E-state index in [1.807, 2.05) is 35.2 Å². The minimum absolute atomic E-state index is 0.0188. The molecule has 27 heavy (non-hydrogen) atoms. The Bertz CT molecular complexity index is 901. The van der Waals surface area contributed by atoms with Crippen molar-refractivity contribution in [2.24, 2.45) is 0 Å². The van der Waals surface area contributed by atoms with Crippen LogP contribution in [0.15, 0.2) is 41.2 Å². The van der Waals surface area contributed by atoms with Gasteiger partial charge in [0.25, 0.3) is 5.91 Å². The average Bonchev–Trinajstić information content (AvgIpc) is 3.42. The Labute approximate surface area is 157 Å². The lowest BCUT2D eigenvalue weighted by atomic mass is 10.1. The van der Waals surface area contributed by atoms with Gasteiger partial charge in [0.05, 0.1) is 12.6 Å². The molecule has 140 valence electrons. The molecule has 0 spiro atoms. The third-order valence-corrected chi connectivity index (χ3v) is 4.91. The number of hydrogen-bond acceptors (Lipinski definition) is 6. The van der Waals surface area contributed by atoms with Gasteiger partial charge in [0, 0.05) is 24.1 Å². The molecular formula is C19H22N6O2. The highest BCUT2D eigenvalue weighted by molar-refractivity contribution is 5.94. The molecule has 2 aromatic heterocycles. The fraction of sp³-hybridized carbons (Fsp3) is 0.421. The van der Waals surface area contributed by atoms with E-state index in [1.54, 1.807) is 11.0 Å². The minimum atomic E-state index is -0.0188. The maximum Gasteiger partial charge on any atom is 0.254 e. The smallest absolute Gasteiger partial charge is 0.254 e. The lowest BCUT2D eigenvalue weighted by molar-refractivity contribution is 0.0731. The summed E-state index contributed by atoms with van der Waals surface area (Å²) in [6, 6.07) is 9.56. The fourth-order valence-corrected chi connectivity index (χ4v) is 3.41. The van der Waals surface area contributed by atoms with Crippen LogP contribution in [0, 0.1) is 0 Å². The van der Waals surface area contributed by atoms with Crippen LogP contribution in [0.5, 0.6) is 0 Å². The van der Waals surface area contributed by atoms with E-state index < -0.39 is 0 Å². The molecule has 3 heterocycles. The first-order valence-corrected chi connectivity index (χ1v) is 9.19. The highest BCUT2D eigenvalue weighted by Gasteiger charge is 2.33. The molecule has 3 aromatic rings. The summed E-state index contributed by atoms with van der Waals surface area (Å²) in [5, 5.41) is 15.3. The molecule has 0 unspecified atom stereocenters. The number of nitrogens with zero attached hydrogens (tertiary/aromatic N) is 6. The first-order valence-electron chi connectivity index (χ1n) is 9.19. The van der Waals surface area contributed by atoms with Crippen molar-refractivity contribution in [1.82, 2.24) is 30.3 Å². The van der Waals surface area contributed by atoms with Crippen molar-refractivity contribution in [1.29, 1.82) is 0 Å². The summed E-state index contributed by atoms with van der Waals surface area (Å²) in [4.78, 5) is 14.9. The van der Waals surface area contributed by atoms with Gasteiger partial charge in [-0.1, -0.05) is 31.1 Å². The summed E-state index contributed by atoms with van der Waals surface area (Å²) in [6.45, 7) is 5.45. The lowest BCUT2D eigenvalue weighted by Crippen LogP contribution is -2.30. The molecule has 1 saturated heterocycles. The molecule has 0 saturated carbocycles. The monoisotopic (exact) mass is 366 g/mol. The fourth-order valence-electron chi connectivity index (χ4n) is 3.41. The predicted molar refractivity (Wildman–Crippen MR) is 97.0 cm³/mol. The number of benzene rings is 1. The number of carbonyl (C=O) groups excluding carboxylic acids is 1. The van der Waals surface area contributed by atoms with Crippen LogP contribution in [0.3, 0.4) is 0 Å². The number of carbonyl (C=O) groups is 1. The molecule has 0 N–H and O–H groups in total. The molecule has 1 aromatic carbocycles. The van der Waals surface area contributed by atoms with Crippen molar-refractivity contribution >= 4 is 5.91 Å². The van der Waals surface area contributed by atoms with Gasteiger partial charge in [-0.2, -0.15) is 0 Å². The molecular weight excluding hydrogens is 344 g/mol. The van der Waals surface area contributed by atoms with Gasteiger partial charge in [-0.3, -0.25) is 4.79 Å². The van der Waals surface area contributed by atoms with Crippen molar-refractivity contribution in [2.75, 3.05) is 6.54 Å². The number of tetrazole rings is 1. The van der Waals surface area contributed by atoms with E-state index in [2.05, 4.69) is 34.5 Å². The summed E-state index contributed by atoms with van der Waals surface area (Å²) in [5.74, 6) is 1.17. The molecule has 8 heteroatoms. The zero-order valence-electron chi connectivity index (χ0n) is 15.4. The van der Waals surface area contributed by atoms with Crippen molar-refractivity contribution in [3.8, 4) is 0 Å². The first kappa shape index (κ1) is 17.4. The van der Waals surface area contributed by atoms with Crippen LogP contribution in [-0.4, -0.2) is 42.7 Å². The topological polar surface area (TPSA) is 89.9 Å². The Morgan fingerprint density at radius 1 is 1.30 bits per heavy atom. The van der Waals surface area contributed by atoms with Crippen molar-refractivity contribution in [2.45, 2.75) is 45.2 Å². The maximum atomic E-state index is 13.0. The number of amides is 1. The Kier molecular flexibility index (Phi) is 4.70. The second kappa shape index (κ2) is 7.30. The molecule has 4 rings (SSSR count). The Morgan fingerprint density at radius 2 is 2.11 bits per heavy atom. The summed E-state index contributed by atoms with van der Waals surface area (Å²) < 4.78 is 7.07. The Morgan fingerprint density at radius 3 is 2.78 bits per heavy atom. The van der Waals surface area contributed by atoms with Gasteiger partial charge >= 0.3 is 0 Å². The van der Waals surface area contributed by atoms with E-state index in [-0.39, 0.29) is 17.9 Å². The molecule has 0 radical (unpaired) electrons. The predicted octanol–water partition coefficient (Wildman–Crippen LogP) is 2.81. The van der Waals surface area contributed by atoms with Gasteiger partial charge in [0.15, 0.2) is 0 Å². The summed E-state index contributed by atoms with van der Waals surface area (Å²) >= 11 is 0. The second-order valence-corrected chi connectivity index (χ2v) is 7.17. The van der Waals surface area contributed by atoms with Gasteiger partial charge in [-0.05, 0) is 41.0 Å². The zero-order valence-corrected chi connectivity index (χ0v) is 15.4. The molecule has 1 atom stereocenters. The third-order valence-electron chi connectivity index (χ3n) is 4.91. The van der Waals surface area contributed by atoms with Crippen LogP contribution in [0.2, 0.25) is 0 Å². The van der Waals surface area contributed by atoms with Crippen molar-refractivity contribution in [3.05, 3.63) is 59.2 Å². The number of rotatable bonds is 5. The quantitative estimate of drug-likeness (QED) is 0.690. The van der Waals surface area contributed by atoms with Gasteiger partial charge in [0.2, 0.25) is 0 Å². The van der Waals surface area contributed by atoms with Gasteiger partial charge in [0.1, 0.15) is 17.8 Å². The number of aromatic nitrogens is 5. The largest absolute Gasteiger partial charge is 0.361 e. The van der Waals surface area contributed by atoms with E-state index in [0.717, 1.165) is 36.4 Å². The van der Waals surface area contributed by atoms with Crippen LogP contribution >= 0.6 is 0 Å². The maximum absolute atomic E-state index is 13.0. The normalized spacial score (nSPS) is 17.0. The summed E-state index contributed by atoms with van der Waals surface area (Å²) in [5.41, 5.74) is 2.56. The molecule has 1 aliphatic heterocycles. The molecule has 0 aliphatic carbocycles. The van der Waals surface area contributed by atoms with Crippen LogP contribution in [0.4, 0.5) is 0 Å². The highest BCUT2D eigenvalue weighted by atomic mass is 16.5. The van der Waals surface area contributed by atoms with Crippen molar-refractivity contribution in [3.63, 3.8) is 0 Å². The summed E-state index contributed by atoms with van der Waals surface area (Å²) in [7, 11) is 0. The highest BCUT2D eigenvalue weighted by Crippen LogP contribution is 2.33. The lowest BCUT2D eigenvalue weighted by Gasteiger charge is -2.23. The molecule has 0 bridgehead atoms. The third kappa shape index (κ3) is 3.60. The number of likely N-dealkylation sites (tertiary alicyclic amines) is 1. The van der Waals surface area contributed by atoms with E-state index in [0.29, 0.717) is 12.1 Å². The van der Waals surface area contributed by atoms with Crippen LogP contribution in [-0.2, 0) is 6.54 Å². The minimum Gasteiger partial charge on any atom is -0.361 e. The first-order chi connectivity index (χ1) is 13.1. The Balaban J connectivity index is 1.49. The number of hydrogen-bond donors (Lipinski definition) is 0. The van der Waals surface area contributed by atoms with E-state index in [1.165, 1.54) is 0 Å². The van der Waals surface area contributed by atoms with Gasteiger partial charge in [-0.25, -0.2) is 4.68 Å². The van der Waals surface area contributed by atoms with E-state index in [4.69, 9.17) is 4.52 Å². The van der Waals surface area contributed by atoms with Gasteiger partial charge < -0.3 is 9.42 Å². The van der Waals surface area contributed by atoms with Crippen LogP contribution < -0.4 is 0 Å². The van der Waals surface area contributed by atoms with Gasteiger partial charge in [-0.15, -0.1) is 5.10 Å². The molecule has 1 aliphatic rings.